The smallest absolute Gasteiger partial charge is 0.309 e. The number of halogens is 1. The lowest BCUT2D eigenvalue weighted by Crippen LogP contribution is -2.64. The highest BCUT2D eigenvalue weighted by Crippen LogP contribution is 2.87. The summed E-state index contributed by atoms with van der Waals surface area (Å²) in [5.74, 6) is 0.321. The van der Waals surface area contributed by atoms with Gasteiger partial charge < -0.3 is 14.7 Å². The summed E-state index contributed by atoms with van der Waals surface area (Å²) in [7, 11) is 2.21. The lowest BCUT2D eigenvalue weighted by Gasteiger charge is -2.71. The van der Waals surface area contributed by atoms with Crippen LogP contribution in [0.3, 0.4) is 0 Å². The molecule has 0 bridgehead atoms. The summed E-state index contributed by atoms with van der Waals surface area (Å²) >= 11 is 6.17. The number of esters is 1. The minimum Gasteiger partial charge on any atom is -0.481 e. The average Bonchev–Trinajstić information content (AvgIpc) is 3.59. The Morgan fingerprint density at radius 1 is 0.942 bits per heavy atom. The second kappa shape index (κ2) is 12.4. The molecule has 0 saturated heterocycles. The molecule has 5 saturated carbocycles. The maximum Gasteiger partial charge on any atom is 0.309 e. The topological polar surface area (TPSA) is 83.9 Å². The van der Waals surface area contributed by atoms with Gasteiger partial charge in [-0.15, -0.1) is 0 Å². The quantitative estimate of drug-likeness (QED) is 0.241. The number of hydrogen-bond donors (Lipinski definition) is 1. The maximum atomic E-state index is 14.1. The molecule has 286 valence electrons. The van der Waals surface area contributed by atoms with Gasteiger partial charge in [-0.1, -0.05) is 70.8 Å². The number of nitrogens with zero attached hydrogens (tertiary/aromatic N) is 1. The summed E-state index contributed by atoms with van der Waals surface area (Å²) in [6.07, 6.45) is 11.4. The van der Waals surface area contributed by atoms with Gasteiger partial charge in [0, 0.05) is 28.8 Å². The van der Waals surface area contributed by atoms with E-state index in [0.717, 1.165) is 63.1 Å². The molecule has 6 nitrogen and oxygen atoms in total. The molecule has 5 fully saturated rings. The van der Waals surface area contributed by atoms with Crippen LogP contribution < -0.4 is 0 Å². The van der Waals surface area contributed by atoms with Crippen LogP contribution >= 0.6 is 11.6 Å². The van der Waals surface area contributed by atoms with E-state index >= 15 is 0 Å². The standard InChI is InChI=1S/C45H64ClNO5/c1-28(2)36-32(48)24-44(22-23-47(9)26-29-10-12-30(46)13-11-29)20-18-40(5)31(37(36)44)14-15-33-41(40,6)19-21-45-27-43(45,8)34(16-17-42(33,45)7)52-35(49)25-39(3,4)38(50)51/h10-13,28,31,33-34H,14-27H2,1-9H3,(H,50,51)/t31-,33+,34+,40-,41-,42-,43?,44-,45+/m1/s1. The number of allylic oxidation sites excluding steroid dienone is 2. The molecule has 0 radical (unpaired) electrons. The fourth-order valence-corrected chi connectivity index (χ4v) is 14.2. The molecule has 0 amide bonds. The van der Waals surface area contributed by atoms with Crippen molar-refractivity contribution >= 4 is 29.3 Å². The molecular formula is C45H64ClNO5. The molecule has 52 heavy (non-hydrogen) atoms. The van der Waals surface area contributed by atoms with Crippen molar-refractivity contribution in [3.8, 4) is 0 Å². The number of carboxylic acids is 1. The molecule has 1 aromatic rings. The SMILES string of the molecule is CC(C)C1=C2[C@H]3CC[C@@H]4[C@@]5(C)CC[C@H](OC(=O)CC(C)(C)C(=O)O)C6(C)C[C@]65CC[C@@]4(C)[C@]3(C)CC[C@@]2(CCN(C)Cc2ccc(Cl)cc2)CC1=O. The predicted octanol–water partition coefficient (Wildman–Crippen LogP) is 10.3. The van der Waals surface area contributed by atoms with Gasteiger partial charge in [0.05, 0.1) is 11.8 Å². The van der Waals surface area contributed by atoms with Crippen LogP contribution in [0.15, 0.2) is 35.4 Å². The van der Waals surface area contributed by atoms with Crippen molar-refractivity contribution in [3.05, 3.63) is 46.0 Å². The number of fused-ring (bicyclic) bond motifs is 6. The molecule has 0 aromatic heterocycles. The number of ether oxygens (including phenoxy) is 1. The maximum absolute atomic E-state index is 14.1. The summed E-state index contributed by atoms with van der Waals surface area (Å²) in [6, 6.07) is 8.17. The number of hydrogen-bond acceptors (Lipinski definition) is 5. The Hall–Kier alpha value is -2.18. The molecule has 6 aliphatic rings. The van der Waals surface area contributed by atoms with Gasteiger partial charge in [0.15, 0.2) is 5.78 Å². The molecule has 1 aromatic carbocycles. The number of carboxylic acid groups (broad SMARTS) is 1. The van der Waals surface area contributed by atoms with Crippen LogP contribution in [0.1, 0.15) is 138 Å². The van der Waals surface area contributed by atoms with Crippen LogP contribution in [-0.2, 0) is 25.7 Å². The van der Waals surface area contributed by atoms with Crippen LogP contribution in [0.4, 0.5) is 0 Å². The predicted molar refractivity (Wildman–Crippen MR) is 206 cm³/mol. The van der Waals surface area contributed by atoms with Crippen molar-refractivity contribution in [2.45, 2.75) is 145 Å². The highest BCUT2D eigenvalue weighted by Gasteiger charge is 2.82. The number of carbonyl (C=O) groups is 3. The van der Waals surface area contributed by atoms with E-state index in [1.54, 1.807) is 19.4 Å². The number of rotatable bonds is 10. The molecular weight excluding hydrogens is 670 g/mol. The van der Waals surface area contributed by atoms with Gasteiger partial charge in [-0.2, -0.15) is 0 Å². The highest BCUT2D eigenvalue weighted by molar-refractivity contribution is 6.30. The molecule has 0 aliphatic heterocycles. The first-order valence-corrected chi connectivity index (χ1v) is 20.7. The van der Waals surface area contributed by atoms with E-state index in [9.17, 15) is 19.5 Å². The molecule has 1 spiro atoms. The zero-order valence-electron chi connectivity index (χ0n) is 33.4. The van der Waals surface area contributed by atoms with Gasteiger partial charge in [-0.05, 0) is 154 Å². The average molecular weight is 734 g/mol. The summed E-state index contributed by atoms with van der Waals surface area (Å²) in [6.45, 7) is 19.8. The number of aliphatic carboxylic acids is 1. The second-order valence-corrected chi connectivity index (χ2v) is 20.9. The molecule has 7 heteroatoms. The minimum absolute atomic E-state index is 0.0374. The monoisotopic (exact) mass is 733 g/mol. The van der Waals surface area contributed by atoms with Crippen LogP contribution in [-0.4, -0.2) is 47.4 Å². The minimum atomic E-state index is -1.14. The normalized spacial score (nSPS) is 40.8. The summed E-state index contributed by atoms with van der Waals surface area (Å²) in [5.41, 5.74) is 3.34. The third-order valence-electron chi connectivity index (χ3n) is 17.3. The molecule has 6 aliphatic carbocycles. The third kappa shape index (κ3) is 5.36. The molecule has 9 atom stereocenters. The Bertz CT molecular complexity index is 1680. The van der Waals surface area contributed by atoms with Crippen LogP contribution in [0.5, 0.6) is 0 Å². The van der Waals surface area contributed by atoms with E-state index < -0.39 is 11.4 Å². The Kier molecular flexibility index (Phi) is 9.10. The second-order valence-electron chi connectivity index (χ2n) is 20.5. The largest absolute Gasteiger partial charge is 0.481 e. The summed E-state index contributed by atoms with van der Waals surface area (Å²) < 4.78 is 6.22. The van der Waals surface area contributed by atoms with Gasteiger partial charge in [0.2, 0.25) is 0 Å². The van der Waals surface area contributed by atoms with E-state index in [0.29, 0.717) is 24.0 Å². The Labute approximate surface area is 317 Å². The fourth-order valence-electron chi connectivity index (χ4n) is 14.1. The summed E-state index contributed by atoms with van der Waals surface area (Å²) in [5, 5.41) is 10.4. The highest BCUT2D eigenvalue weighted by atomic mass is 35.5. The van der Waals surface area contributed by atoms with Gasteiger partial charge in [0.1, 0.15) is 6.10 Å². The number of ketones is 1. The first-order valence-electron chi connectivity index (χ1n) is 20.3. The third-order valence-corrected chi connectivity index (χ3v) is 17.5. The van der Waals surface area contributed by atoms with Gasteiger partial charge in [0.25, 0.3) is 0 Å². The molecule has 0 heterocycles. The van der Waals surface area contributed by atoms with Gasteiger partial charge in [-0.3, -0.25) is 14.4 Å². The van der Waals surface area contributed by atoms with E-state index in [1.807, 2.05) is 12.1 Å². The summed E-state index contributed by atoms with van der Waals surface area (Å²) in [4.78, 5) is 41.4. The lowest BCUT2D eigenvalue weighted by molar-refractivity contribution is -0.218. The van der Waals surface area contributed by atoms with E-state index in [1.165, 1.54) is 30.4 Å². The van der Waals surface area contributed by atoms with Crippen LogP contribution in [0, 0.1) is 55.7 Å². The van der Waals surface area contributed by atoms with Crippen molar-refractivity contribution in [2.24, 2.45) is 55.7 Å². The zero-order valence-corrected chi connectivity index (χ0v) is 34.2. The van der Waals surface area contributed by atoms with Crippen molar-refractivity contribution in [1.82, 2.24) is 4.90 Å². The van der Waals surface area contributed by atoms with Crippen molar-refractivity contribution in [2.75, 3.05) is 13.6 Å². The van der Waals surface area contributed by atoms with Crippen LogP contribution in [0.25, 0.3) is 0 Å². The number of carbonyl (C=O) groups excluding carboxylic acids is 2. The van der Waals surface area contributed by atoms with Gasteiger partial charge in [-0.25, -0.2) is 0 Å². The van der Waals surface area contributed by atoms with E-state index in [4.69, 9.17) is 16.3 Å². The molecule has 1 unspecified atom stereocenters. The first kappa shape index (κ1) is 38.1. The number of Topliss-reactive ketones (excluding diaryl/α,β-unsaturated/α-hetero) is 1. The lowest BCUT2D eigenvalue weighted by atomic mass is 9.33. The first-order chi connectivity index (χ1) is 24.2. The molecule has 7 rings (SSSR count). The van der Waals surface area contributed by atoms with Crippen molar-refractivity contribution in [1.29, 1.82) is 0 Å². The molecule has 1 N–H and O–H groups in total. The van der Waals surface area contributed by atoms with E-state index in [2.05, 4.69) is 65.6 Å². The Balaban J connectivity index is 1.14. The van der Waals surface area contributed by atoms with Gasteiger partial charge >= 0.3 is 11.9 Å². The zero-order chi connectivity index (χ0) is 37.9. The van der Waals surface area contributed by atoms with E-state index in [-0.39, 0.29) is 56.9 Å². The van der Waals surface area contributed by atoms with Crippen LogP contribution in [0.2, 0.25) is 5.02 Å². The fraction of sp³-hybridized carbons (Fsp3) is 0.756. The number of benzene rings is 1. The van der Waals surface area contributed by atoms with Crippen molar-refractivity contribution < 1.29 is 24.2 Å². The Morgan fingerprint density at radius 3 is 2.27 bits per heavy atom. The Morgan fingerprint density at radius 2 is 1.62 bits per heavy atom. The van der Waals surface area contributed by atoms with Crippen molar-refractivity contribution in [3.63, 3.8) is 0 Å².